The number of aliphatic hydroxyl groups excluding tert-OH is 1. The first-order chi connectivity index (χ1) is 19.9. The first kappa shape index (κ1) is 31.0. The summed E-state index contributed by atoms with van der Waals surface area (Å²) in [6, 6.07) is 2.14. The molecule has 226 valence electrons. The van der Waals surface area contributed by atoms with Crippen molar-refractivity contribution in [2.24, 2.45) is 0 Å². The Labute approximate surface area is 246 Å². The number of anilines is 2. The van der Waals surface area contributed by atoms with E-state index in [9.17, 15) is 9.90 Å². The van der Waals surface area contributed by atoms with Crippen LogP contribution in [0.4, 0.5) is 11.8 Å². The van der Waals surface area contributed by atoms with Crippen LogP contribution in [-0.2, 0) is 0 Å². The standard InChI is InChI=1S/C31H50N8O2/c1-5-7-13-32-28-22-38(14-12-26(28)23(3)9-6-2)21-25(40)20-33-30(41)27-19-29(34-24-10-8-11-24)36-31(35-27)39-17-15-37(4)16-18-39/h7,9,13,19,24-25,32,40H,5-6,8,10-12,14-18,20-22H2,1-4H3,(H,33,41)(H,34,35,36)/b13-7+,23-9+. The monoisotopic (exact) mass is 566 g/mol. The zero-order valence-electron chi connectivity index (χ0n) is 25.5. The molecule has 1 atom stereocenters. The minimum Gasteiger partial charge on any atom is -0.390 e. The second kappa shape index (κ2) is 15.3. The molecular formula is C31H50N8O2. The van der Waals surface area contributed by atoms with Gasteiger partial charge in [0, 0.05) is 70.2 Å². The Morgan fingerprint density at radius 2 is 1.93 bits per heavy atom. The molecule has 1 unspecified atom stereocenters. The number of aliphatic hydroxyl groups is 1. The average molecular weight is 567 g/mol. The number of piperazine rings is 1. The molecule has 0 spiro atoms. The largest absolute Gasteiger partial charge is 0.390 e. The number of nitrogens with one attached hydrogen (secondary N) is 3. The van der Waals surface area contributed by atoms with E-state index in [1.807, 2.05) is 6.20 Å². The number of likely N-dealkylation sites (N-methyl/N-ethyl adjacent to an activating group) is 1. The van der Waals surface area contributed by atoms with Gasteiger partial charge >= 0.3 is 0 Å². The van der Waals surface area contributed by atoms with Crippen molar-refractivity contribution in [2.45, 2.75) is 71.4 Å². The van der Waals surface area contributed by atoms with Crippen LogP contribution >= 0.6 is 0 Å². The highest BCUT2D eigenvalue weighted by Gasteiger charge is 2.24. The van der Waals surface area contributed by atoms with Gasteiger partial charge in [-0.15, -0.1) is 0 Å². The van der Waals surface area contributed by atoms with Crippen molar-refractivity contribution in [3.05, 3.63) is 47.0 Å². The fourth-order valence-corrected chi connectivity index (χ4v) is 5.45. The molecule has 41 heavy (non-hydrogen) atoms. The van der Waals surface area contributed by atoms with E-state index in [-0.39, 0.29) is 12.5 Å². The molecule has 0 aromatic carbocycles. The number of hydrogen-bond donors (Lipinski definition) is 4. The Morgan fingerprint density at radius 3 is 2.61 bits per heavy atom. The number of carbonyl (C=O) groups excluding carboxylic acids is 1. The van der Waals surface area contributed by atoms with Crippen molar-refractivity contribution >= 4 is 17.7 Å². The Balaban J connectivity index is 1.36. The molecule has 10 heteroatoms. The Bertz CT molecular complexity index is 1110. The molecule has 3 aliphatic rings. The molecule has 0 bridgehead atoms. The summed E-state index contributed by atoms with van der Waals surface area (Å²) < 4.78 is 0. The van der Waals surface area contributed by atoms with Gasteiger partial charge in [-0.1, -0.05) is 31.6 Å². The quantitative estimate of drug-likeness (QED) is 0.286. The molecule has 1 saturated carbocycles. The van der Waals surface area contributed by atoms with E-state index in [0.29, 0.717) is 30.0 Å². The van der Waals surface area contributed by atoms with Crippen molar-refractivity contribution in [1.82, 2.24) is 30.4 Å². The SMILES string of the molecule is CC/C=C/NC1=C(/C(C)=C/CC)CCN(CC(O)CNC(=O)c2cc(NC3CCC3)nc(N3CCN(C)CC3)n2)C1. The van der Waals surface area contributed by atoms with E-state index in [0.717, 1.165) is 71.4 Å². The molecule has 4 rings (SSSR count). The van der Waals surface area contributed by atoms with E-state index < -0.39 is 6.10 Å². The summed E-state index contributed by atoms with van der Waals surface area (Å²) in [5, 5.41) is 20.8. The van der Waals surface area contributed by atoms with Gasteiger partial charge in [-0.3, -0.25) is 9.69 Å². The smallest absolute Gasteiger partial charge is 0.270 e. The summed E-state index contributed by atoms with van der Waals surface area (Å²) in [4.78, 5) is 29.3. The third-order valence-electron chi connectivity index (χ3n) is 8.18. The summed E-state index contributed by atoms with van der Waals surface area (Å²) in [7, 11) is 2.11. The van der Waals surface area contributed by atoms with Crippen LogP contribution in [0.5, 0.6) is 0 Å². The van der Waals surface area contributed by atoms with Crippen LogP contribution in [-0.4, -0.2) is 102 Å². The van der Waals surface area contributed by atoms with Crippen LogP contribution in [0, 0.1) is 0 Å². The molecule has 2 fully saturated rings. The van der Waals surface area contributed by atoms with E-state index in [4.69, 9.17) is 4.98 Å². The maximum Gasteiger partial charge on any atom is 0.270 e. The number of carbonyl (C=O) groups is 1. The van der Waals surface area contributed by atoms with Crippen LogP contribution in [0.15, 0.2) is 41.3 Å². The maximum absolute atomic E-state index is 13.2. The normalized spacial score (nSPS) is 20.3. The van der Waals surface area contributed by atoms with Crippen LogP contribution in [0.25, 0.3) is 0 Å². The minimum atomic E-state index is -0.688. The zero-order valence-corrected chi connectivity index (χ0v) is 25.5. The summed E-state index contributed by atoms with van der Waals surface area (Å²) in [6.07, 6.45) is 12.1. The third-order valence-corrected chi connectivity index (χ3v) is 8.18. The summed E-state index contributed by atoms with van der Waals surface area (Å²) in [6.45, 7) is 12.2. The molecule has 1 aliphatic carbocycles. The summed E-state index contributed by atoms with van der Waals surface area (Å²) >= 11 is 0. The highest BCUT2D eigenvalue weighted by atomic mass is 16.3. The summed E-state index contributed by atoms with van der Waals surface area (Å²) in [5.41, 5.74) is 4.20. The van der Waals surface area contributed by atoms with Crippen LogP contribution in [0.2, 0.25) is 0 Å². The van der Waals surface area contributed by atoms with Gasteiger partial charge in [0.25, 0.3) is 5.91 Å². The van der Waals surface area contributed by atoms with E-state index >= 15 is 0 Å². The average Bonchev–Trinajstić information content (AvgIpc) is 2.94. The van der Waals surface area contributed by atoms with Crippen LogP contribution < -0.4 is 20.9 Å². The lowest BCUT2D eigenvalue weighted by molar-refractivity contribution is 0.0858. The van der Waals surface area contributed by atoms with Gasteiger partial charge in [-0.05, 0) is 64.3 Å². The van der Waals surface area contributed by atoms with Gasteiger partial charge in [0.2, 0.25) is 5.95 Å². The van der Waals surface area contributed by atoms with Gasteiger partial charge in [-0.25, -0.2) is 4.98 Å². The number of amides is 1. The second-order valence-corrected chi connectivity index (χ2v) is 11.6. The maximum atomic E-state index is 13.2. The van der Waals surface area contributed by atoms with Gasteiger partial charge in [-0.2, -0.15) is 4.98 Å². The van der Waals surface area contributed by atoms with E-state index in [1.165, 1.54) is 23.3 Å². The lowest BCUT2D eigenvalue weighted by atomic mass is 9.93. The Kier molecular flexibility index (Phi) is 11.6. The lowest BCUT2D eigenvalue weighted by Crippen LogP contribution is -2.45. The summed E-state index contributed by atoms with van der Waals surface area (Å²) in [5.74, 6) is 1.00. The van der Waals surface area contributed by atoms with E-state index in [2.05, 4.69) is 75.6 Å². The second-order valence-electron chi connectivity index (χ2n) is 11.6. The molecule has 3 heterocycles. The molecule has 1 aromatic rings. The lowest BCUT2D eigenvalue weighted by Gasteiger charge is -2.33. The zero-order chi connectivity index (χ0) is 29.2. The molecule has 10 nitrogen and oxygen atoms in total. The van der Waals surface area contributed by atoms with Crippen molar-refractivity contribution in [2.75, 3.05) is 69.6 Å². The molecule has 2 aliphatic heterocycles. The number of aromatic nitrogens is 2. The number of rotatable bonds is 13. The molecule has 4 N–H and O–H groups in total. The third kappa shape index (κ3) is 9.02. The highest BCUT2D eigenvalue weighted by molar-refractivity contribution is 5.93. The first-order valence-electron chi connectivity index (χ1n) is 15.4. The van der Waals surface area contributed by atoms with Crippen molar-refractivity contribution in [3.63, 3.8) is 0 Å². The van der Waals surface area contributed by atoms with Crippen LogP contribution in [0.3, 0.4) is 0 Å². The molecule has 0 radical (unpaired) electrons. The minimum absolute atomic E-state index is 0.165. The number of allylic oxidation sites excluding steroid dienone is 3. The molecule has 1 aromatic heterocycles. The molecule has 1 saturated heterocycles. The number of β-amino-alcohol motifs (C(OH)–C–C–N with tert-alkyl or cyclic N) is 1. The number of nitrogens with zero attached hydrogens (tertiary/aromatic N) is 5. The fraction of sp³-hybridized carbons (Fsp3) is 0.645. The number of hydrogen-bond acceptors (Lipinski definition) is 9. The van der Waals surface area contributed by atoms with Crippen molar-refractivity contribution in [1.29, 1.82) is 0 Å². The Morgan fingerprint density at radius 1 is 1.15 bits per heavy atom. The van der Waals surface area contributed by atoms with Gasteiger partial charge in [0.1, 0.15) is 11.5 Å². The Hall–Kier alpha value is -2.95. The van der Waals surface area contributed by atoms with Crippen molar-refractivity contribution in [3.8, 4) is 0 Å². The highest BCUT2D eigenvalue weighted by Crippen LogP contribution is 2.25. The fourth-order valence-electron chi connectivity index (χ4n) is 5.45. The van der Waals surface area contributed by atoms with Gasteiger partial charge in [0.05, 0.1) is 6.10 Å². The van der Waals surface area contributed by atoms with E-state index in [1.54, 1.807) is 6.07 Å². The van der Waals surface area contributed by atoms with Crippen molar-refractivity contribution < 1.29 is 9.90 Å². The predicted molar refractivity (Wildman–Crippen MR) is 166 cm³/mol. The topological polar surface area (TPSA) is 109 Å². The first-order valence-corrected chi connectivity index (χ1v) is 15.4. The van der Waals surface area contributed by atoms with Gasteiger partial charge < -0.3 is 30.9 Å². The molecular weight excluding hydrogens is 516 g/mol. The molecule has 1 amide bonds. The van der Waals surface area contributed by atoms with Crippen LogP contribution in [0.1, 0.15) is 69.8 Å². The van der Waals surface area contributed by atoms with Gasteiger partial charge in [0.15, 0.2) is 0 Å². The predicted octanol–water partition coefficient (Wildman–Crippen LogP) is 3.11.